The van der Waals surface area contributed by atoms with Crippen molar-refractivity contribution >= 4 is 15.9 Å². The molecule has 1 rings (SSSR count). The molecule has 0 aliphatic carbocycles. The van der Waals surface area contributed by atoms with Gasteiger partial charge in [0.1, 0.15) is 5.75 Å². The molecule has 2 nitrogen and oxygen atoms in total. The molecule has 108 valence electrons. The summed E-state index contributed by atoms with van der Waals surface area (Å²) in [6.07, 6.45) is -6.21. The fraction of sp³-hybridized carbons (Fsp3) is 0.538. The molecule has 2 unspecified atom stereocenters. The van der Waals surface area contributed by atoms with Crippen LogP contribution >= 0.6 is 15.9 Å². The highest BCUT2D eigenvalue weighted by molar-refractivity contribution is 9.10. The van der Waals surface area contributed by atoms with Gasteiger partial charge >= 0.3 is 6.18 Å². The summed E-state index contributed by atoms with van der Waals surface area (Å²) < 4.78 is 43.4. The van der Waals surface area contributed by atoms with E-state index >= 15 is 0 Å². The third kappa shape index (κ3) is 4.69. The minimum atomic E-state index is -4.37. The Balaban J connectivity index is 3.01. The molecule has 0 saturated heterocycles. The van der Waals surface area contributed by atoms with Gasteiger partial charge in [0.15, 0.2) is 6.10 Å². The molecular formula is C13H17BrF3NO. The number of alkyl halides is 3. The van der Waals surface area contributed by atoms with Crippen LogP contribution in [0, 0.1) is 0 Å². The predicted octanol–water partition coefficient (Wildman–Crippen LogP) is 4.45. The normalized spacial score (nSPS) is 15.1. The summed E-state index contributed by atoms with van der Waals surface area (Å²) in [5.41, 5.74) is 0.709. The zero-order valence-electron chi connectivity index (χ0n) is 11.0. The standard InChI is InChI=1S/C13H17BrF3NO/c1-4-18-8(2)11-6-5-10(14)7-12(11)19-9(3)13(15,16)17/h5-9,18H,4H2,1-3H3. The molecule has 0 fully saturated rings. The first-order valence-corrected chi connectivity index (χ1v) is 6.81. The van der Waals surface area contributed by atoms with E-state index in [2.05, 4.69) is 21.2 Å². The van der Waals surface area contributed by atoms with Crippen LogP contribution in [0.3, 0.4) is 0 Å². The number of halogens is 4. The van der Waals surface area contributed by atoms with Crippen LogP contribution in [-0.2, 0) is 0 Å². The summed E-state index contributed by atoms with van der Waals surface area (Å²) in [7, 11) is 0. The summed E-state index contributed by atoms with van der Waals surface area (Å²) in [6.45, 7) is 5.56. The van der Waals surface area contributed by atoms with Gasteiger partial charge in [-0.25, -0.2) is 0 Å². The Labute approximate surface area is 119 Å². The van der Waals surface area contributed by atoms with E-state index in [0.29, 0.717) is 10.0 Å². The lowest BCUT2D eigenvalue weighted by Crippen LogP contribution is -2.32. The molecule has 19 heavy (non-hydrogen) atoms. The van der Waals surface area contributed by atoms with Crippen molar-refractivity contribution in [2.24, 2.45) is 0 Å². The van der Waals surface area contributed by atoms with Crippen molar-refractivity contribution in [2.45, 2.75) is 39.1 Å². The van der Waals surface area contributed by atoms with Gasteiger partial charge in [-0.2, -0.15) is 13.2 Å². The molecule has 0 aliphatic heterocycles. The van der Waals surface area contributed by atoms with Crippen LogP contribution in [0.15, 0.2) is 22.7 Å². The maximum atomic E-state index is 12.6. The summed E-state index contributed by atoms with van der Waals surface area (Å²) in [5, 5.41) is 3.16. The SMILES string of the molecule is CCNC(C)c1ccc(Br)cc1OC(C)C(F)(F)F. The maximum absolute atomic E-state index is 12.6. The predicted molar refractivity (Wildman–Crippen MR) is 72.4 cm³/mol. The Morgan fingerprint density at radius 3 is 2.47 bits per heavy atom. The number of hydrogen-bond acceptors (Lipinski definition) is 2. The molecule has 6 heteroatoms. The summed E-state index contributed by atoms with van der Waals surface area (Å²) in [6, 6.07) is 5.03. The number of nitrogens with one attached hydrogen (secondary N) is 1. The number of benzene rings is 1. The second kappa shape index (κ2) is 6.61. The van der Waals surface area contributed by atoms with Crippen LogP contribution < -0.4 is 10.1 Å². The van der Waals surface area contributed by atoms with E-state index in [-0.39, 0.29) is 11.8 Å². The lowest BCUT2D eigenvalue weighted by atomic mass is 10.1. The van der Waals surface area contributed by atoms with Crippen molar-refractivity contribution in [3.05, 3.63) is 28.2 Å². The first-order chi connectivity index (χ1) is 8.75. The maximum Gasteiger partial charge on any atom is 0.425 e. The second-order valence-electron chi connectivity index (χ2n) is 4.26. The Morgan fingerprint density at radius 2 is 1.95 bits per heavy atom. The molecule has 0 radical (unpaired) electrons. The molecule has 0 bridgehead atoms. The summed E-state index contributed by atoms with van der Waals surface area (Å²) in [4.78, 5) is 0. The van der Waals surface area contributed by atoms with Crippen molar-refractivity contribution in [1.82, 2.24) is 5.32 Å². The molecule has 1 N–H and O–H groups in total. The quantitative estimate of drug-likeness (QED) is 0.855. The van der Waals surface area contributed by atoms with Crippen LogP contribution in [0.1, 0.15) is 32.4 Å². The minimum absolute atomic E-state index is 0.0754. The van der Waals surface area contributed by atoms with E-state index < -0.39 is 12.3 Å². The molecule has 1 aromatic carbocycles. The largest absolute Gasteiger partial charge is 0.481 e. The van der Waals surface area contributed by atoms with Gasteiger partial charge in [0.05, 0.1) is 0 Å². The highest BCUT2D eigenvalue weighted by Gasteiger charge is 2.38. The third-order valence-electron chi connectivity index (χ3n) is 2.72. The average Bonchev–Trinajstić information content (AvgIpc) is 2.28. The van der Waals surface area contributed by atoms with Crippen molar-refractivity contribution in [3.8, 4) is 5.75 Å². The van der Waals surface area contributed by atoms with Gasteiger partial charge in [-0.05, 0) is 32.5 Å². The fourth-order valence-electron chi connectivity index (χ4n) is 1.64. The van der Waals surface area contributed by atoms with Crippen LogP contribution in [0.4, 0.5) is 13.2 Å². The Morgan fingerprint density at radius 1 is 1.32 bits per heavy atom. The second-order valence-corrected chi connectivity index (χ2v) is 5.18. The van der Waals surface area contributed by atoms with E-state index in [0.717, 1.165) is 13.5 Å². The number of rotatable bonds is 5. The van der Waals surface area contributed by atoms with Gasteiger partial charge in [0.2, 0.25) is 0 Å². The van der Waals surface area contributed by atoms with Gasteiger partial charge < -0.3 is 10.1 Å². The summed E-state index contributed by atoms with van der Waals surface area (Å²) >= 11 is 3.24. The van der Waals surface area contributed by atoms with Crippen molar-refractivity contribution in [1.29, 1.82) is 0 Å². The number of hydrogen-bond donors (Lipinski definition) is 1. The molecule has 0 aromatic heterocycles. The van der Waals surface area contributed by atoms with Crippen LogP contribution in [0.5, 0.6) is 5.75 Å². The monoisotopic (exact) mass is 339 g/mol. The van der Waals surface area contributed by atoms with E-state index in [1.54, 1.807) is 18.2 Å². The van der Waals surface area contributed by atoms with E-state index in [4.69, 9.17) is 4.74 Å². The molecular weight excluding hydrogens is 323 g/mol. The van der Waals surface area contributed by atoms with Gasteiger partial charge in [-0.1, -0.05) is 28.9 Å². The smallest absolute Gasteiger partial charge is 0.425 e. The third-order valence-corrected chi connectivity index (χ3v) is 3.21. The minimum Gasteiger partial charge on any atom is -0.481 e. The molecule has 0 spiro atoms. The fourth-order valence-corrected chi connectivity index (χ4v) is 1.98. The van der Waals surface area contributed by atoms with E-state index in [1.807, 2.05) is 13.8 Å². The van der Waals surface area contributed by atoms with Crippen molar-refractivity contribution in [3.63, 3.8) is 0 Å². The molecule has 0 amide bonds. The highest BCUT2D eigenvalue weighted by Crippen LogP contribution is 2.32. The molecule has 2 atom stereocenters. The van der Waals surface area contributed by atoms with Crippen LogP contribution in [0.25, 0.3) is 0 Å². The lowest BCUT2D eigenvalue weighted by molar-refractivity contribution is -0.189. The topological polar surface area (TPSA) is 21.3 Å². The average molecular weight is 340 g/mol. The Kier molecular flexibility index (Phi) is 5.67. The molecule has 0 aliphatic rings. The van der Waals surface area contributed by atoms with Crippen molar-refractivity contribution in [2.75, 3.05) is 6.54 Å². The van der Waals surface area contributed by atoms with Crippen LogP contribution in [-0.4, -0.2) is 18.8 Å². The van der Waals surface area contributed by atoms with E-state index in [9.17, 15) is 13.2 Å². The Hall–Kier alpha value is -0.750. The van der Waals surface area contributed by atoms with Crippen molar-refractivity contribution < 1.29 is 17.9 Å². The first-order valence-electron chi connectivity index (χ1n) is 6.02. The zero-order chi connectivity index (χ0) is 14.6. The van der Waals surface area contributed by atoms with Gasteiger partial charge in [0, 0.05) is 16.1 Å². The van der Waals surface area contributed by atoms with Gasteiger partial charge in [0.25, 0.3) is 0 Å². The molecule has 0 saturated carbocycles. The zero-order valence-corrected chi connectivity index (χ0v) is 12.6. The number of ether oxygens (including phenoxy) is 1. The van der Waals surface area contributed by atoms with Gasteiger partial charge in [-0.3, -0.25) is 0 Å². The Bertz CT molecular complexity index is 423. The van der Waals surface area contributed by atoms with E-state index in [1.165, 1.54) is 0 Å². The summed E-state index contributed by atoms with van der Waals surface area (Å²) in [5.74, 6) is 0.243. The molecule has 1 aromatic rings. The first kappa shape index (κ1) is 16.3. The van der Waals surface area contributed by atoms with Gasteiger partial charge in [-0.15, -0.1) is 0 Å². The lowest BCUT2D eigenvalue weighted by Gasteiger charge is -2.22. The van der Waals surface area contributed by atoms with Crippen LogP contribution in [0.2, 0.25) is 0 Å². The highest BCUT2D eigenvalue weighted by atomic mass is 79.9. The molecule has 0 heterocycles.